The highest BCUT2D eigenvalue weighted by Crippen LogP contribution is 2.34. The van der Waals surface area contributed by atoms with Gasteiger partial charge in [0, 0.05) is 24.4 Å². The van der Waals surface area contributed by atoms with Gasteiger partial charge in [-0.3, -0.25) is 10.1 Å². The molecule has 0 unspecified atom stereocenters. The molecule has 0 aliphatic heterocycles. The number of benzene rings is 1. The molecule has 0 saturated heterocycles. The van der Waals surface area contributed by atoms with Gasteiger partial charge in [-0.05, 0) is 24.6 Å². The van der Waals surface area contributed by atoms with Crippen molar-refractivity contribution in [3.63, 3.8) is 0 Å². The van der Waals surface area contributed by atoms with Crippen molar-refractivity contribution in [2.45, 2.75) is 13.0 Å². The number of nitrogens with two attached hydrogens (primary N) is 1. The van der Waals surface area contributed by atoms with Crippen LogP contribution in [0.5, 0.6) is 17.4 Å². The molecule has 0 radical (unpaired) electrons. The van der Waals surface area contributed by atoms with E-state index < -0.39 is 4.92 Å². The highest BCUT2D eigenvalue weighted by Gasteiger charge is 2.14. The Bertz CT molecular complexity index is 658. The van der Waals surface area contributed by atoms with Crippen molar-refractivity contribution in [3.8, 4) is 17.4 Å². The van der Waals surface area contributed by atoms with Gasteiger partial charge in [-0.15, -0.1) is 0 Å². The van der Waals surface area contributed by atoms with Crippen LogP contribution < -0.4 is 15.2 Å². The third kappa shape index (κ3) is 3.46. The van der Waals surface area contributed by atoms with Gasteiger partial charge in [-0.25, -0.2) is 4.98 Å². The highest BCUT2D eigenvalue weighted by atomic mass is 16.6. The number of ether oxygens (including phenoxy) is 2. The summed E-state index contributed by atoms with van der Waals surface area (Å²) in [6.45, 7) is 1.84. The summed E-state index contributed by atoms with van der Waals surface area (Å²) in [5.41, 5.74) is 6.56. The van der Waals surface area contributed by atoms with Gasteiger partial charge < -0.3 is 15.2 Å². The van der Waals surface area contributed by atoms with Crippen molar-refractivity contribution in [1.29, 1.82) is 0 Å². The van der Waals surface area contributed by atoms with E-state index in [1.807, 2.05) is 6.92 Å². The quantitative estimate of drug-likeness (QED) is 0.671. The summed E-state index contributed by atoms with van der Waals surface area (Å²) in [6, 6.07) is 7.41. The van der Waals surface area contributed by atoms with Crippen LogP contribution in [0.1, 0.15) is 18.5 Å². The normalized spacial score (nSPS) is 11.8. The maximum atomic E-state index is 10.8. The van der Waals surface area contributed by atoms with Crippen molar-refractivity contribution in [3.05, 3.63) is 52.2 Å². The number of pyridine rings is 1. The predicted molar refractivity (Wildman–Crippen MR) is 76.6 cm³/mol. The third-order valence-corrected chi connectivity index (χ3v) is 2.86. The van der Waals surface area contributed by atoms with Crippen LogP contribution in [-0.2, 0) is 0 Å². The van der Waals surface area contributed by atoms with Gasteiger partial charge in [-0.1, -0.05) is 0 Å². The molecule has 7 heteroatoms. The second-order valence-corrected chi connectivity index (χ2v) is 4.41. The van der Waals surface area contributed by atoms with Crippen LogP contribution in [0.15, 0.2) is 36.5 Å². The van der Waals surface area contributed by atoms with Crippen LogP contribution in [-0.4, -0.2) is 17.0 Å². The molecule has 0 saturated carbocycles. The Morgan fingerprint density at radius 3 is 2.67 bits per heavy atom. The maximum Gasteiger partial charge on any atom is 0.273 e. The Morgan fingerprint density at radius 1 is 1.29 bits per heavy atom. The molecule has 21 heavy (non-hydrogen) atoms. The van der Waals surface area contributed by atoms with E-state index in [1.54, 1.807) is 18.3 Å². The zero-order valence-corrected chi connectivity index (χ0v) is 11.6. The topological polar surface area (TPSA) is 101 Å². The van der Waals surface area contributed by atoms with Gasteiger partial charge >= 0.3 is 0 Å². The van der Waals surface area contributed by atoms with Crippen LogP contribution in [0.25, 0.3) is 0 Å². The fourth-order valence-corrected chi connectivity index (χ4v) is 1.74. The van der Waals surface area contributed by atoms with Gasteiger partial charge in [0.2, 0.25) is 5.88 Å². The Balaban J connectivity index is 2.35. The fourth-order valence-electron chi connectivity index (χ4n) is 1.74. The van der Waals surface area contributed by atoms with Gasteiger partial charge in [0.25, 0.3) is 5.69 Å². The lowest BCUT2D eigenvalue weighted by molar-refractivity contribution is -0.384. The molecule has 0 spiro atoms. The number of hydrogen-bond donors (Lipinski definition) is 1. The summed E-state index contributed by atoms with van der Waals surface area (Å²) in [6.07, 6.45) is 1.57. The minimum Gasteiger partial charge on any atom is -0.493 e. The van der Waals surface area contributed by atoms with Crippen LogP contribution in [0.4, 0.5) is 5.69 Å². The van der Waals surface area contributed by atoms with E-state index in [0.717, 1.165) is 5.56 Å². The number of hydrogen-bond acceptors (Lipinski definition) is 6. The molecular formula is C14H15N3O4. The van der Waals surface area contributed by atoms with Crippen LogP contribution in [0.2, 0.25) is 0 Å². The highest BCUT2D eigenvalue weighted by molar-refractivity contribution is 5.49. The molecule has 0 fully saturated rings. The number of rotatable bonds is 5. The third-order valence-electron chi connectivity index (χ3n) is 2.86. The average molecular weight is 289 g/mol. The average Bonchev–Trinajstić information content (AvgIpc) is 2.47. The molecule has 1 aromatic carbocycles. The summed E-state index contributed by atoms with van der Waals surface area (Å²) in [4.78, 5) is 14.4. The molecule has 2 rings (SSSR count). The van der Waals surface area contributed by atoms with Crippen molar-refractivity contribution in [2.24, 2.45) is 5.73 Å². The Hall–Kier alpha value is -2.67. The molecule has 7 nitrogen and oxygen atoms in total. The van der Waals surface area contributed by atoms with Gasteiger partial charge in [0.1, 0.15) is 0 Å². The molecule has 110 valence electrons. The standard InChI is InChI=1S/C14H15N3O4/c1-9(15)10-5-6-16-14(7-10)21-13-8-11(17(18)19)3-4-12(13)20-2/h3-9H,15H2,1-2H3/t9-/m0/s1. The zero-order valence-electron chi connectivity index (χ0n) is 11.6. The molecule has 0 aliphatic rings. The fraction of sp³-hybridized carbons (Fsp3) is 0.214. The van der Waals surface area contributed by atoms with E-state index in [9.17, 15) is 10.1 Å². The van der Waals surface area contributed by atoms with Crippen molar-refractivity contribution in [1.82, 2.24) is 4.98 Å². The van der Waals surface area contributed by atoms with Gasteiger partial charge in [0.15, 0.2) is 11.5 Å². The first kappa shape index (κ1) is 14.7. The predicted octanol–water partition coefficient (Wildman–Crippen LogP) is 2.81. The van der Waals surface area contributed by atoms with Crippen LogP contribution >= 0.6 is 0 Å². The smallest absolute Gasteiger partial charge is 0.273 e. The molecule has 0 aliphatic carbocycles. The van der Waals surface area contributed by atoms with E-state index in [1.165, 1.54) is 25.3 Å². The lowest BCUT2D eigenvalue weighted by Gasteiger charge is -2.11. The van der Waals surface area contributed by atoms with E-state index in [2.05, 4.69) is 4.98 Å². The summed E-state index contributed by atoms with van der Waals surface area (Å²) in [7, 11) is 1.46. The lowest BCUT2D eigenvalue weighted by Crippen LogP contribution is -2.05. The van der Waals surface area contributed by atoms with Gasteiger partial charge in [0.05, 0.1) is 18.1 Å². The number of methoxy groups -OCH3 is 1. The van der Waals surface area contributed by atoms with Crippen molar-refractivity contribution in [2.75, 3.05) is 7.11 Å². The summed E-state index contributed by atoms with van der Waals surface area (Å²) in [5.74, 6) is 0.901. The molecule has 2 N–H and O–H groups in total. The van der Waals surface area contributed by atoms with Crippen molar-refractivity contribution < 1.29 is 14.4 Å². The second-order valence-electron chi connectivity index (χ2n) is 4.41. The minimum atomic E-state index is -0.502. The summed E-state index contributed by atoms with van der Waals surface area (Å²) >= 11 is 0. The Kier molecular flexibility index (Phi) is 4.34. The number of non-ortho nitro benzene ring substituents is 1. The number of nitro benzene ring substituents is 1. The van der Waals surface area contributed by atoms with Gasteiger partial charge in [-0.2, -0.15) is 0 Å². The number of aromatic nitrogens is 1. The SMILES string of the molecule is COc1ccc([N+](=O)[O-])cc1Oc1cc([C@H](C)N)ccn1. The molecule has 1 heterocycles. The lowest BCUT2D eigenvalue weighted by atomic mass is 10.1. The first-order valence-corrected chi connectivity index (χ1v) is 6.23. The molecule has 0 bridgehead atoms. The van der Waals surface area contributed by atoms with E-state index in [-0.39, 0.29) is 17.5 Å². The zero-order chi connectivity index (χ0) is 15.4. The first-order valence-electron chi connectivity index (χ1n) is 6.23. The Morgan fingerprint density at radius 2 is 2.05 bits per heavy atom. The minimum absolute atomic E-state index is 0.0888. The molecular weight excluding hydrogens is 274 g/mol. The summed E-state index contributed by atoms with van der Waals surface area (Å²) in [5, 5.41) is 10.8. The van der Waals surface area contributed by atoms with E-state index in [0.29, 0.717) is 11.6 Å². The monoisotopic (exact) mass is 289 g/mol. The molecule has 1 aromatic heterocycles. The van der Waals surface area contributed by atoms with Crippen LogP contribution in [0, 0.1) is 10.1 Å². The summed E-state index contributed by atoms with van der Waals surface area (Å²) < 4.78 is 10.7. The maximum absolute atomic E-state index is 10.8. The largest absolute Gasteiger partial charge is 0.493 e. The molecule has 1 atom stereocenters. The number of nitro groups is 1. The first-order chi connectivity index (χ1) is 10.0. The van der Waals surface area contributed by atoms with E-state index in [4.69, 9.17) is 15.2 Å². The van der Waals surface area contributed by atoms with Crippen LogP contribution in [0.3, 0.4) is 0 Å². The molecule has 0 amide bonds. The molecule has 2 aromatic rings. The van der Waals surface area contributed by atoms with Crippen molar-refractivity contribution >= 4 is 5.69 Å². The Labute approximate surface area is 121 Å². The van der Waals surface area contributed by atoms with E-state index >= 15 is 0 Å². The number of nitrogens with zero attached hydrogens (tertiary/aromatic N) is 2. The second kappa shape index (κ2) is 6.19.